The lowest BCUT2D eigenvalue weighted by molar-refractivity contribution is 1.24. The molecule has 0 amide bonds. The number of aromatic nitrogens is 2. The van der Waals surface area contributed by atoms with E-state index in [4.69, 9.17) is 9.98 Å². The first-order valence-electron chi connectivity index (χ1n) is 15.0. The first-order chi connectivity index (χ1) is 21.5. The molecule has 5 heteroatoms. The van der Waals surface area contributed by atoms with E-state index in [0.717, 1.165) is 71.6 Å². The fourth-order valence-corrected chi connectivity index (χ4v) is 6.23. The van der Waals surface area contributed by atoms with E-state index in [1.54, 1.807) is 6.08 Å². The molecule has 2 aliphatic heterocycles. The van der Waals surface area contributed by atoms with Gasteiger partial charge < -0.3 is 9.97 Å². The standard InChI is InChI=1S/C40H39BrN4/c1-9-11-24(2)20-26(4)29(7)30(8)33-15-17-36(44-33)40(41)37-18-16-35(45-37)39(38-27(5)21-25(3)22-28(38)6)34-14-13-32(43-34)23-31-12-10-19-42-31/h9-23,42,45H,1,7H2,2-6,8H3/b24-11-,26-20-,32-23-,33-30+,39-35+,40-37+. The largest absolute Gasteiger partial charge is 0.362 e. The summed E-state index contributed by atoms with van der Waals surface area (Å²) in [5.41, 5.74) is 14.8. The number of aliphatic imine (C=N–C) groups is 2. The number of aromatic amines is 2. The Bertz CT molecular complexity index is 2050. The number of H-pyrrole nitrogens is 2. The van der Waals surface area contributed by atoms with Crippen molar-refractivity contribution in [3.8, 4) is 0 Å². The summed E-state index contributed by atoms with van der Waals surface area (Å²) >= 11 is 3.85. The third-order valence-corrected chi connectivity index (χ3v) is 8.80. The van der Waals surface area contributed by atoms with E-state index in [0.29, 0.717) is 0 Å². The second-order valence-electron chi connectivity index (χ2n) is 11.6. The van der Waals surface area contributed by atoms with Gasteiger partial charge >= 0.3 is 0 Å². The number of aryl methyl sites for hydroxylation is 3. The molecule has 2 N–H and O–H groups in total. The van der Waals surface area contributed by atoms with Gasteiger partial charge in [0, 0.05) is 22.8 Å². The van der Waals surface area contributed by atoms with Crippen LogP contribution in [0.2, 0.25) is 0 Å². The summed E-state index contributed by atoms with van der Waals surface area (Å²) < 4.78 is 0.892. The molecule has 4 nitrogen and oxygen atoms in total. The van der Waals surface area contributed by atoms with Crippen molar-refractivity contribution in [2.45, 2.75) is 41.5 Å². The monoisotopic (exact) mass is 654 g/mol. The first kappa shape index (κ1) is 31.7. The number of benzene rings is 1. The van der Waals surface area contributed by atoms with Gasteiger partial charge in [0.2, 0.25) is 0 Å². The minimum absolute atomic E-state index is 0.855. The van der Waals surface area contributed by atoms with Gasteiger partial charge in [0.15, 0.2) is 0 Å². The molecule has 45 heavy (non-hydrogen) atoms. The summed E-state index contributed by atoms with van der Waals surface area (Å²) in [7, 11) is 0. The van der Waals surface area contributed by atoms with Crippen LogP contribution in [0.5, 0.6) is 0 Å². The molecule has 2 aliphatic rings. The molecule has 226 valence electrons. The molecular weight excluding hydrogens is 616 g/mol. The van der Waals surface area contributed by atoms with Crippen LogP contribution in [0, 0.1) is 20.8 Å². The maximum absolute atomic E-state index is 5.05. The van der Waals surface area contributed by atoms with Crippen LogP contribution in [0.25, 0.3) is 16.1 Å². The Labute approximate surface area is 274 Å². The van der Waals surface area contributed by atoms with Crippen molar-refractivity contribution in [1.29, 1.82) is 0 Å². The van der Waals surface area contributed by atoms with Crippen molar-refractivity contribution in [2.24, 2.45) is 9.98 Å². The number of rotatable bonds is 8. The highest BCUT2D eigenvalue weighted by Gasteiger charge is 2.19. The van der Waals surface area contributed by atoms with Crippen LogP contribution < -0.4 is 10.7 Å². The van der Waals surface area contributed by atoms with Gasteiger partial charge in [0.1, 0.15) is 0 Å². The fraction of sp³-hybridized carbons (Fsp3) is 0.150. The van der Waals surface area contributed by atoms with Crippen LogP contribution in [-0.2, 0) is 0 Å². The quantitative estimate of drug-likeness (QED) is 0.228. The highest BCUT2D eigenvalue weighted by atomic mass is 79.9. The van der Waals surface area contributed by atoms with Gasteiger partial charge in [0.25, 0.3) is 0 Å². The average molecular weight is 656 g/mol. The number of nitrogens with one attached hydrogen (secondary N) is 2. The molecule has 0 aliphatic carbocycles. The van der Waals surface area contributed by atoms with Gasteiger partial charge in [-0.2, -0.15) is 0 Å². The molecule has 0 radical (unpaired) electrons. The van der Waals surface area contributed by atoms with E-state index in [1.165, 1.54) is 22.3 Å². The van der Waals surface area contributed by atoms with Crippen molar-refractivity contribution in [3.05, 3.63) is 171 Å². The molecule has 0 saturated heterocycles. The molecule has 5 rings (SSSR count). The normalized spacial score (nSPS) is 18.3. The Kier molecular flexibility index (Phi) is 9.50. The van der Waals surface area contributed by atoms with Crippen molar-refractivity contribution >= 4 is 43.5 Å². The van der Waals surface area contributed by atoms with E-state index in [9.17, 15) is 0 Å². The lowest BCUT2D eigenvalue weighted by Crippen LogP contribution is -2.20. The summed E-state index contributed by atoms with van der Waals surface area (Å²) in [5, 5.41) is 1.94. The third kappa shape index (κ3) is 7.00. The Balaban J connectivity index is 1.60. The molecule has 4 heterocycles. The molecule has 0 saturated carbocycles. The summed E-state index contributed by atoms with van der Waals surface area (Å²) in [6.45, 7) is 20.8. The molecule has 2 aromatic heterocycles. The minimum Gasteiger partial charge on any atom is -0.362 e. The first-order valence-corrected chi connectivity index (χ1v) is 15.8. The van der Waals surface area contributed by atoms with Gasteiger partial charge in [-0.1, -0.05) is 54.7 Å². The zero-order chi connectivity index (χ0) is 32.2. The van der Waals surface area contributed by atoms with E-state index >= 15 is 0 Å². The fourth-order valence-electron chi connectivity index (χ4n) is 5.78. The zero-order valence-corrected chi connectivity index (χ0v) is 28.4. The Morgan fingerprint density at radius 2 is 1.60 bits per heavy atom. The van der Waals surface area contributed by atoms with Crippen LogP contribution >= 0.6 is 15.9 Å². The van der Waals surface area contributed by atoms with Gasteiger partial charge in [0.05, 0.1) is 32.6 Å². The maximum Gasteiger partial charge on any atom is 0.0800 e. The summed E-state index contributed by atoms with van der Waals surface area (Å²) in [4.78, 5) is 16.9. The lowest BCUT2D eigenvalue weighted by Gasteiger charge is -2.14. The SMILES string of the molecule is C=C/C=C(C)\C=C(\C)C(=C)/C(C)=C1\C=CC(C(/Br)=c2/cc/c(=C(C3=N/C(=C\c4ccc[nH]4)C=C3)\c3c(C)cc(C)cc3C)[nH]2)=N1. The number of allylic oxidation sites excluding steroid dienone is 11. The van der Waals surface area contributed by atoms with E-state index in [1.807, 2.05) is 36.6 Å². The smallest absolute Gasteiger partial charge is 0.0800 e. The van der Waals surface area contributed by atoms with Crippen molar-refractivity contribution in [1.82, 2.24) is 9.97 Å². The zero-order valence-electron chi connectivity index (χ0n) is 26.8. The lowest BCUT2D eigenvalue weighted by atomic mass is 9.91. The Morgan fingerprint density at radius 1 is 0.889 bits per heavy atom. The van der Waals surface area contributed by atoms with Crippen molar-refractivity contribution in [3.63, 3.8) is 0 Å². The topological polar surface area (TPSA) is 56.3 Å². The second kappa shape index (κ2) is 13.5. The van der Waals surface area contributed by atoms with Crippen LogP contribution in [-0.4, -0.2) is 21.4 Å². The van der Waals surface area contributed by atoms with Gasteiger partial charge in [-0.25, -0.2) is 9.98 Å². The molecule has 0 atom stereocenters. The number of hydrogen-bond acceptors (Lipinski definition) is 2. The summed E-state index contributed by atoms with van der Waals surface area (Å²) in [5.74, 6) is 0. The molecule has 3 aromatic rings. The molecule has 0 fully saturated rings. The molecule has 0 bridgehead atoms. The van der Waals surface area contributed by atoms with E-state index in [2.05, 4.69) is 129 Å². The summed E-state index contributed by atoms with van der Waals surface area (Å²) in [6.07, 6.45) is 18.1. The van der Waals surface area contributed by atoms with Gasteiger partial charge in [-0.3, -0.25) is 0 Å². The third-order valence-electron chi connectivity index (χ3n) is 7.96. The van der Waals surface area contributed by atoms with Crippen molar-refractivity contribution in [2.75, 3.05) is 0 Å². The second-order valence-corrected chi connectivity index (χ2v) is 12.4. The van der Waals surface area contributed by atoms with Gasteiger partial charge in [-0.15, -0.1) is 0 Å². The Morgan fingerprint density at radius 3 is 2.29 bits per heavy atom. The molecule has 1 aromatic carbocycles. The number of hydrogen-bond donors (Lipinski definition) is 2. The van der Waals surface area contributed by atoms with Gasteiger partial charge in [-0.05, 0) is 146 Å². The molecular formula is C40H39BrN4. The average Bonchev–Trinajstić information content (AvgIpc) is 3.82. The Hall–Kier alpha value is -4.74. The highest BCUT2D eigenvalue weighted by molar-refractivity contribution is 9.15. The van der Waals surface area contributed by atoms with Crippen LogP contribution in [0.4, 0.5) is 0 Å². The summed E-state index contributed by atoms with van der Waals surface area (Å²) in [6, 6.07) is 12.7. The number of nitrogens with zero attached hydrogens (tertiary/aromatic N) is 2. The predicted molar refractivity (Wildman–Crippen MR) is 197 cm³/mol. The minimum atomic E-state index is 0.855. The molecule has 0 spiro atoms. The van der Waals surface area contributed by atoms with Crippen LogP contribution in [0.3, 0.4) is 0 Å². The van der Waals surface area contributed by atoms with E-state index < -0.39 is 0 Å². The maximum atomic E-state index is 5.05. The highest BCUT2D eigenvalue weighted by Crippen LogP contribution is 2.29. The van der Waals surface area contributed by atoms with Crippen molar-refractivity contribution < 1.29 is 0 Å². The number of halogens is 1. The van der Waals surface area contributed by atoms with Crippen LogP contribution in [0.1, 0.15) is 48.7 Å². The van der Waals surface area contributed by atoms with Crippen LogP contribution in [0.15, 0.2) is 142 Å². The molecule has 0 unspecified atom stereocenters. The predicted octanol–water partition coefficient (Wildman–Crippen LogP) is 8.94. The van der Waals surface area contributed by atoms with E-state index in [-0.39, 0.29) is 0 Å².